The highest BCUT2D eigenvalue weighted by Crippen LogP contribution is 2.28. The van der Waals surface area contributed by atoms with Crippen LogP contribution in [-0.2, 0) is 24.3 Å². The van der Waals surface area contributed by atoms with Crippen LogP contribution in [0, 0.1) is 17.1 Å². The summed E-state index contributed by atoms with van der Waals surface area (Å²) in [4.78, 5) is 32.5. The minimum Gasteiger partial charge on any atom is -0.317 e. The normalized spacial score (nSPS) is 18.6. The van der Waals surface area contributed by atoms with Gasteiger partial charge in [-0.25, -0.2) is 14.2 Å². The van der Waals surface area contributed by atoms with Crippen molar-refractivity contribution in [3.8, 4) is 6.07 Å². The van der Waals surface area contributed by atoms with Crippen LogP contribution < -0.4 is 5.32 Å². The number of fused-ring (bicyclic) bond motifs is 3. The van der Waals surface area contributed by atoms with Crippen molar-refractivity contribution in [2.24, 2.45) is 0 Å². The Labute approximate surface area is 166 Å². The predicted molar refractivity (Wildman–Crippen MR) is 99.1 cm³/mol. The van der Waals surface area contributed by atoms with Gasteiger partial charge in [-0.1, -0.05) is 0 Å². The Hall–Kier alpha value is -3.45. The topological polar surface area (TPSA) is 103 Å². The summed E-state index contributed by atoms with van der Waals surface area (Å²) < 4.78 is 15.2. The maximum Gasteiger partial charge on any atom is 0.322 e. The van der Waals surface area contributed by atoms with E-state index in [2.05, 4.69) is 10.4 Å². The number of benzene rings is 1. The number of nitriles is 1. The van der Waals surface area contributed by atoms with Crippen molar-refractivity contribution < 1.29 is 18.8 Å². The molecule has 0 saturated carbocycles. The molecule has 9 nitrogen and oxygen atoms in total. The first kappa shape index (κ1) is 18.9. The van der Waals surface area contributed by atoms with Gasteiger partial charge in [-0.2, -0.15) is 10.4 Å². The van der Waals surface area contributed by atoms with Crippen molar-refractivity contribution in [3.05, 3.63) is 46.5 Å². The van der Waals surface area contributed by atoms with E-state index in [1.807, 2.05) is 6.92 Å². The van der Waals surface area contributed by atoms with Gasteiger partial charge < -0.3 is 10.2 Å². The molecule has 1 N–H and O–H groups in total. The number of aromatic nitrogens is 2. The predicted octanol–water partition coefficient (Wildman–Crippen LogP) is 1.89. The lowest BCUT2D eigenvalue weighted by atomic mass is 9.99. The third-order valence-electron chi connectivity index (χ3n) is 5.16. The van der Waals surface area contributed by atoms with Crippen LogP contribution in [0.15, 0.2) is 18.2 Å². The Bertz CT molecular complexity index is 1040. The van der Waals surface area contributed by atoms with Crippen molar-refractivity contribution >= 4 is 17.6 Å². The summed E-state index contributed by atoms with van der Waals surface area (Å²) in [5.41, 5.74) is 2.11. The number of nitrogens with one attached hydrogen (secondary N) is 1. The lowest BCUT2D eigenvalue weighted by Gasteiger charge is -2.33. The van der Waals surface area contributed by atoms with Crippen molar-refractivity contribution in [3.63, 3.8) is 0 Å². The number of amides is 3. The standard InChI is InChI=1S/C19H19FN6O3/c1-11-7-16-14(17-18(27)24(2)29-6-5-26(17)23-16)10-25(11)19(28)22-13-3-4-15(20)12(8-13)9-21/h3-4,8,11H,5-7,10H2,1-2H3,(H,22,28)/t11-/m1/s1. The first-order valence-corrected chi connectivity index (χ1v) is 9.16. The summed E-state index contributed by atoms with van der Waals surface area (Å²) in [5.74, 6) is -0.947. The zero-order valence-corrected chi connectivity index (χ0v) is 16.0. The fraction of sp³-hybridized carbons (Fsp3) is 0.368. The number of anilines is 1. The fourth-order valence-electron chi connectivity index (χ4n) is 3.62. The Morgan fingerprint density at radius 1 is 1.45 bits per heavy atom. The highest BCUT2D eigenvalue weighted by molar-refractivity contribution is 5.94. The van der Waals surface area contributed by atoms with Gasteiger partial charge in [0.2, 0.25) is 0 Å². The molecular weight excluding hydrogens is 379 g/mol. The number of rotatable bonds is 1. The molecule has 150 valence electrons. The molecule has 29 heavy (non-hydrogen) atoms. The summed E-state index contributed by atoms with van der Waals surface area (Å²) in [5, 5.41) is 17.4. The second-order valence-electron chi connectivity index (χ2n) is 7.05. The molecule has 10 heteroatoms. The van der Waals surface area contributed by atoms with Crippen molar-refractivity contribution in [2.75, 3.05) is 19.0 Å². The van der Waals surface area contributed by atoms with Gasteiger partial charge in [-0.3, -0.25) is 14.3 Å². The molecule has 0 unspecified atom stereocenters. The van der Waals surface area contributed by atoms with E-state index >= 15 is 0 Å². The third-order valence-corrected chi connectivity index (χ3v) is 5.16. The molecule has 0 spiro atoms. The zero-order chi connectivity index (χ0) is 20.7. The van der Waals surface area contributed by atoms with Crippen LogP contribution in [0.5, 0.6) is 0 Å². The smallest absolute Gasteiger partial charge is 0.317 e. The van der Waals surface area contributed by atoms with Crippen LogP contribution in [-0.4, -0.2) is 51.4 Å². The lowest BCUT2D eigenvalue weighted by molar-refractivity contribution is -0.103. The van der Waals surface area contributed by atoms with Gasteiger partial charge in [-0.15, -0.1) is 0 Å². The molecule has 0 radical (unpaired) electrons. The SMILES string of the molecule is C[C@@H]1Cc2nn3c(c2CN1C(=O)Nc1ccc(F)c(C#N)c1)C(=O)N(C)OCC3. The van der Waals surface area contributed by atoms with E-state index in [0.29, 0.717) is 36.5 Å². The first-order valence-electron chi connectivity index (χ1n) is 9.16. The molecule has 2 aliphatic rings. The Morgan fingerprint density at radius 3 is 3.00 bits per heavy atom. The largest absolute Gasteiger partial charge is 0.322 e. The van der Waals surface area contributed by atoms with Crippen molar-refractivity contribution in [1.82, 2.24) is 19.7 Å². The molecule has 1 aromatic heterocycles. The molecular formula is C19H19FN6O3. The summed E-state index contributed by atoms with van der Waals surface area (Å²) >= 11 is 0. The van der Waals surface area contributed by atoms with Crippen LogP contribution in [0.1, 0.15) is 34.2 Å². The zero-order valence-electron chi connectivity index (χ0n) is 16.0. The third kappa shape index (κ3) is 3.30. The Morgan fingerprint density at radius 2 is 2.24 bits per heavy atom. The monoisotopic (exact) mass is 398 g/mol. The van der Waals surface area contributed by atoms with Crippen molar-refractivity contribution in [1.29, 1.82) is 5.26 Å². The summed E-state index contributed by atoms with van der Waals surface area (Å²) in [6, 6.07) is 5.02. The molecule has 3 heterocycles. The van der Waals surface area contributed by atoms with E-state index in [9.17, 15) is 14.0 Å². The fourth-order valence-corrected chi connectivity index (χ4v) is 3.62. The van der Waals surface area contributed by atoms with Crippen LogP contribution in [0.4, 0.5) is 14.9 Å². The maximum atomic E-state index is 13.5. The summed E-state index contributed by atoms with van der Waals surface area (Å²) in [7, 11) is 1.55. The average Bonchev–Trinajstić information content (AvgIpc) is 2.97. The van der Waals surface area contributed by atoms with Crippen LogP contribution in [0.2, 0.25) is 0 Å². The number of carbonyl (C=O) groups excluding carboxylic acids is 2. The van der Waals surface area contributed by atoms with E-state index in [1.165, 1.54) is 17.2 Å². The highest BCUT2D eigenvalue weighted by atomic mass is 19.1. The van der Waals surface area contributed by atoms with Gasteiger partial charge in [0.15, 0.2) is 0 Å². The number of hydrogen-bond donors (Lipinski definition) is 1. The summed E-state index contributed by atoms with van der Waals surface area (Å²) in [6.45, 7) is 2.89. The highest BCUT2D eigenvalue weighted by Gasteiger charge is 2.36. The van der Waals surface area contributed by atoms with Gasteiger partial charge in [0.25, 0.3) is 5.91 Å². The van der Waals surface area contributed by atoms with E-state index < -0.39 is 11.8 Å². The quantitative estimate of drug-likeness (QED) is 0.790. The number of hydrogen-bond acceptors (Lipinski definition) is 5. The van der Waals surface area contributed by atoms with E-state index in [4.69, 9.17) is 10.1 Å². The Kier molecular flexibility index (Phi) is 4.68. The minimum absolute atomic E-state index is 0.146. The molecule has 2 aromatic rings. The molecule has 2 aliphatic heterocycles. The van der Waals surface area contributed by atoms with Crippen LogP contribution >= 0.6 is 0 Å². The van der Waals surface area contributed by atoms with Crippen LogP contribution in [0.3, 0.4) is 0 Å². The molecule has 0 fully saturated rings. The van der Waals surface area contributed by atoms with Crippen LogP contribution in [0.25, 0.3) is 0 Å². The molecule has 3 amide bonds. The lowest BCUT2D eigenvalue weighted by Crippen LogP contribution is -2.45. The van der Waals surface area contributed by atoms with Gasteiger partial charge in [0.1, 0.15) is 17.6 Å². The number of halogens is 1. The number of carbonyl (C=O) groups is 2. The number of urea groups is 1. The number of hydroxylamine groups is 2. The molecule has 1 aromatic carbocycles. The van der Waals surface area contributed by atoms with Gasteiger partial charge in [-0.05, 0) is 25.1 Å². The molecule has 0 aliphatic carbocycles. The Balaban J connectivity index is 1.60. The number of nitrogens with zero attached hydrogens (tertiary/aromatic N) is 5. The second-order valence-corrected chi connectivity index (χ2v) is 7.05. The first-order chi connectivity index (χ1) is 13.9. The van der Waals surface area contributed by atoms with Crippen molar-refractivity contribution in [2.45, 2.75) is 32.5 Å². The summed E-state index contributed by atoms with van der Waals surface area (Å²) in [6.07, 6.45) is 0.507. The van der Waals surface area contributed by atoms with Gasteiger partial charge in [0.05, 0.1) is 31.0 Å². The maximum absolute atomic E-state index is 13.5. The van der Waals surface area contributed by atoms with E-state index in [0.717, 1.165) is 11.8 Å². The minimum atomic E-state index is -0.645. The molecule has 0 saturated heterocycles. The molecule has 4 rings (SSSR count). The van der Waals surface area contributed by atoms with E-state index in [1.54, 1.807) is 22.7 Å². The molecule has 0 bridgehead atoms. The second kappa shape index (κ2) is 7.18. The average molecular weight is 398 g/mol. The van der Waals surface area contributed by atoms with E-state index in [-0.39, 0.29) is 24.1 Å². The van der Waals surface area contributed by atoms with Gasteiger partial charge in [0, 0.05) is 30.8 Å². The molecule has 1 atom stereocenters. The van der Waals surface area contributed by atoms with Gasteiger partial charge >= 0.3 is 6.03 Å².